The molecule has 1 N–H and O–H groups in total. The molecule has 1 atom stereocenters. The van der Waals surface area contributed by atoms with Crippen LogP contribution in [0.2, 0.25) is 5.02 Å². The highest BCUT2D eigenvalue weighted by Gasteiger charge is 2.10. The molecular weight excluding hydrogens is 224 g/mol. The topological polar surface area (TPSA) is 29.5 Å². The molecule has 0 aliphatic heterocycles. The molecule has 1 aromatic carbocycles. The van der Waals surface area contributed by atoms with Crippen molar-refractivity contribution in [3.8, 4) is 5.75 Å². The molecule has 0 unspecified atom stereocenters. The summed E-state index contributed by atoms with van der Waals surface area (Å²) in [4.78, 5) is 0. The van der Waals surface area contributed by atoms with E-state index in [-0.39, 0.29) is 6.10 Å². The Morgan fingerprint density at radius 3 is 2.38 bits per heavy atom. The smallest absolute Gasteiger partial charge is 0.138 e. The molecule has 0 saturated carbocycles. The van der Waals surface area contributed by atoms with Gasteiger partial charge in [0.1, 0.15) is 5.75 Å². The largest absolute Gasteiger partial charge is 0.489 e. The number of ether oxygens (including phenoxy) is 1. The van der Waals surface area contributed by atoms with Crippen LogP contribution >= 0.6 is 11.6 Å². The molecule has 0 heterocycles. The second-order valence-electron chi connectivity index (χ2n) is 3.92. The summed E-state index contributed by atoms with van der Waals surface area (Å²) in [6, 6.07) is 5.42. The highest BCUT2D eigenvalue weighted by Crippen LogP contribution is 2.29. The minimum Gasteiger partial charge on any atom is -0.489 e. The minimum absolute atomic E-state index is 0.204. The third-order valence-corrected chi connectivity index (χ3v) is 2.94. The van der Waals surface area contributed by atoms with Crippen molar-refractivity contribution in [1.29, 1.82) is 0 Å². The normalized spacial score (nSPS) is 12.9. The van der Waals surface area contributed by atoms with E-state index in [4.69, 9.17) is 16.3 Å². The molecule has 0 aliphatic rings. The first kappa shape index (κ1) is 13.3. The first-order valence-corrected chi connectivity index (χ1v) is 6.10. The lowest BCUT2D eigenvalue weighted by molar-refractivity contribution is 0.191. The fourth-order valence-electron chi connectivity index (χ4n) is 1.51. The Morgan fingerprint density at radius 2 is 1.94 bits per heavy atom. The van der Waals surface area contributed by atoms with Gasteiger partial charge >= 0.3 is 0 Å². The Labute approximate surface area is 102 Å². The standard InChI is InChI=1S/C13H19ClO2/c1-4-11(5-2)16-13-7-6-10(9(3)15)8-12(13)14/h6-9,11,15H,4-5H2,1-3H3/t9-/m0/s1. The number of aliphatic hydroxyl groups excluding tert-OH is 1. The predicted molar refractivity (Wildman–Crippen MR) is 67.1 cm³/mol. The van der Waals surface area contributed by atoms with Gasteiger partial charge in [-0.15, -0.1) is 0 Å². The van der Waals surface area contributed by atoms with Gasteiger partial charge in [0.2, 0.25) is 0 Å². The molecule has 0 fully saturated rings. The van der Waals surface area contributed by atoms with Gasteiger partial charge < -0.3 is 9.84 Å². The number of rotatable bonds is 5. The van der Waals surface area contributed by atoms with Crippen LogP contribution < -0.4 is 4.74 Å². The van der Waals surface area contributed by atoms with E-state index in [1.807, 2.05) is 12.1 Å². The maximum atomic E-state index is 9.41. The monoisotopic (exact) mass is 242 g/mol. The molecular formula is C13H19ClO2. The Morgan fingerprint density at radius 1 is 1.31 bits per heavy atom. The molecule has 1 aromatic rings. The third-order valence-electron chi connectivity index (χ3n) is 2.64. The summed E-state index contributed by atoms with van der Waals surface area (Å²) in [6.07, 6.45) is 1.63. The van der Waals surface area contributed by atoms with E-state index in [1.54, 1.807) is 13.0 Å². The van der Waals surface area contributed by atoms with Gasteiger partial charge in [-0.25, -0.2) is 0 Å². The van der Waals surface area contributed by atoms with Crippen LogP contribution in [0.1, 0.15) is 45.3 Å². The second kappa shape index (κ2) is 6.12. The summed E-state index contributed by atoms with van der Waals surface area (Å²) < 4.78 is 5.76. The first-order valence-electron chi connectivity index (χ1n) is 5.72. The van der Waals surface area contributed by atoms with Crippen LogP contribution in [0, 0.1) is 0 Å². The van der Waals surface area contributed by atoms with Crippen molar-refractivity contribution in [1.82, 2.24) is 0 Å². The molecule has 3 heteroatoms. The number of aliphatic hydroxyl groups is 1. The van der Waals surface area contributed by atoms with Crippen LogP contribution in [0.4, 0.5) is 0 Å². The average molecular weight is 243 g/mol. The van der Waals surface area contributed by atoms with Gasteiger partial charge in [0, 0.05) is 0 Å². The summed E-state index contributed by atoms with van der Waals surface area (Å²) in [5, 5.41) is 9.97. The van der Waals surface area contributed by atoms with Gasteiger partial charge in [0.05, 0.1) is 17.2 Å². The maximum Gasteiger partial charge on any atom is 0.138 e. The van der Waals surface area contributed by atoms with Crippen molar-refractivity contribution in [2.24, 2.45) is 0 Å². The number of halogens is 1. The maximum absolute atomic E-state index is 9.41. The highest BCUT2D eigenvalue weighted by molar-refractivity contribution is 6.32. The Kier molecular flexibility index (Phi) is 5.10. The molecule has 2 nitrogen and oxygen atoms in total. The van der Waals surface area contributed by atoms with E-state index in [9.17, 15) is 5.11 Å². The average Bonchev–Trinajstić information content (AvgIpc) is 2.27. The molecule has 90 valence electrons. The van der Waals surface area contributed by atoms with Crippen molar-refractivity contribution < 1.29 is 9.84 Å². The van der Waals surface area contributed by atoms with Crippen LogP contribution in [-0.4, -0.2) is 11.2 Å². The highest BCUT2D eigenvalue weighted by atomic mass is 35.5. The summed E-state index contributed by atoms with van der Waals surface area (Å²) in [5.74, 6) is 0.694. The second-order valence-corrected chi connectivity index (χ2v) is 4.33. The zero-order valence-corrected chi connectivity index (χ0v) is 10.8. The fraction of sp³-hybridized carbons (Fsp3) is 0.538. The lowest BCUT2D eigenvalue weighted by Gasteiger charge is -2.17. The third kappa shape index (κ3) is 3.39. The Bertz CT molecular complexity index is 333. The van der Waals surface area contributed by atoms with Crippen LogP contribution in [0.25, 0.3) is 0 Å². The van der Waals surface area contributed by atoms with Crippen LogP contribution in [0.15, 0.2) is 18.2 Å². The van der Waals surface area contributed by atoms with Crippen LogP contribution in [-0.2, 0) is 0 Å². The SMILES string of the molecule is CCC(CC)Oc1ccc([C@H](C)O)cc1Cl. The van der Waals surface area contributed by atoms with Gasteiger partial charge in [-0.1, -0.05) is 31.5 Å². The number of benzene rings is 1. The van der Waals surface area contributed by atoms with Crippen molar-refractivity contribution in [3.05, 3.63) is 28.8 Å². The summed E-state index contributed by atoms with van der Waals surface area (Å²) in [6.45, 7) is 5.89. The van der Waals surface area contributed by atoms with Crippen molar-refractivity contribution in [2.45, 2.75) is 45.8 Å². The molecule has 0 aromatic heterocycles. The van der Waals surface area contributed by atoms with Gasteiger partial charge in [-0.3, -0.25) is 0 Å². The molecule has 16 heavy (non-hydrogen) atoms. The van der Waals surface area contributed by atoms with Gasteiger partial charge in [-0.05, 0) is 37.5 Å². The molecule has 1 rings (SSSR count). The molecule has 0 aliphatic carbocycles. The van der Waals surface area contributed by atoms with Crippen molar-refractivity contribution in [3.63, 3.8) is 0 Å². The van der Waals surface area contributed by atoms with Gasteiger partial charge in [0.15, 0.2) is 0 Å². The number of hydrogen-bond donors (Lipinski definition) is 1. The van der Waals surface area contributed by atoms with Gasteiger partial charge in [0.25, 0.3) is 0 Å². The predicted octanol–water partition coefficient (Wildman–Crippen LogP) is 3.96. The summed E-state index contributed by atoms with van der Waals surface area (Å²) in [7, 11) is 0. The summed E-state index contributed by atoms with van der Waals surface area (Å²) in [5.41, 5.74) is 0.807. The fourth-order valence-corrected chi connectivity index (χ4v) is 1.74. The van der Waals surface area contributed by atoms with E-state index in [2.05, 4.69) is 13.8 Å². The molecule has 0 amide bonds. The van der Waals surface area contributed by atoms with E-state index in [1.165, 1.54) is 0 Å². The molecule has 0 bridgehead atoms. The zero-order chi connectivity index (χ0) is 12.1. The van der Waals surface area contributed by atoms with E-state index < -0.39 is 6.10 Å². The lowest BCUT2D eigenvalue weighted by Crippen LogP contribution is -2.13. The van der Waals surface area contributed by atoms with Crippen LogP contribution in [0.3, 0.4) is 0 Å². The Hall–Kier alpha value is -0.730. The molecule has 0 saturated heterocycles. The zero-order valence-electron chi connectivity index (χ0n) is 10.0. The first-order chi connectivity index (χ1) is 7.58. The summed E-state index contributed by atoms with van der Waals surface area (Å²) >= 11 is 6.10. The minimum atomic E-state index is -0.500. The number of hydrogen-bond acceptors (Lipinski definition) is 2. The Balaban J connectivity index is 2.82. The quantitative estimate of drug-likeness (QED) is 0.847. The van der Waals surface area contributed by atoms with Crippen LogP contribution in [0.5, 0.6) is 5.75 Å². The molecule has 0 spiro atoms. The van der Waals surface area contributed by atoms with Crippen molar-refractivity contribution >= 4 is 11.6 Å². The van der Waals surface area contributed by atoms with Gasteiger partial charge in [-0.2, -0.15) is 0 Å². The van der Waals surface area contributed by atoms with E-state index >= 15 is 0 Å². The van der Waals surface area contributed by atoms with Crippen molar-refractivity contribution in [2.75, 3.05) is 0 Å². The molecule has 0 radical (unpaired) electrons. The van der Waals surface area contributed by atoms with E-state index in [0.29, 0.717) is 10.8 Å². The van der Waals surface area contributed by atoms with E-state index in [0.717, 1.165) is 18.4 Å². The lowest BCUT2D eigenvalue weighted by atomic mass is 10.1.